The molecule has 2 aromatic carbocycles. The molecule has 4 unspecified atom stereocenters. The first kappa shape index (κ1) is 22.2. The zero-order valence-corrected chi connectivity index (χ0v) is 18.6. The number of ether oxygens (including phenoxy) is 2. The second-order valence-electron chi connectivity index (χ2n) is 9.41. The van der Waals surface area contributed by atoms with Crippen molar-refractivity contribution in [3.05, 3.63) is 59.7 Å². The number of piperidine rings is 1. The summed E-state index contributed by atoms with van der Waals surface area (Å²) < 4.78 is 47.1. The maximum absolute atomic E-state index is 13.2. The number of alkyl halides is 3. The summed E-state index contributed by atoms with van der Waals surface area (Å²) in [5.74, 6) is 0.363. The van der Waals surface area contributed by atoms with Crippen molar-refractivity contribution in [2.24, 2.45) is 11.8 Å². The first-order valence-electron chi connectivity index (χ1n) is 11.4. The molecule has 0 bridgehead atoms. The molecule has 0 aliphatic carbocycles. The Labute approximate surface area is 191 Å². The smallest absolute Gasteiger partial charge is 0.406 e. The summed E-state index contributed by atoms with van der Waals surface area (Å²) in [5.41, 5.74) is 3.05. The number of fused-ring (bicyclic) bond motifs is 1. The van der Waals surface area contributed by atoms with E-state index in [-0.39, 0.29) is 35.8 Å². The van der Waals surface area contributed by atoms with Gasteiger partial charge in [-0.15, -0.1) is 13.2 Å². The molecule has 0 radical (unpaired) electrons. The molecule has 2 aromatic rings. The Balaban J connectivity index is 1.21. The van der Waals surface area contributed by atoms with Gasteiger partial charge in [-0.3, -0.25) is 9.69 Å². The molecule has 4 atom stereocenters. The standard InChI is InChI=1S/C25H27F3N2O3/c1-15(2)16-3-5-17(6-4-16)22-24(32-22)29-13-18-11-12-30(23(31)21(18)14-29)19-7-9-20(10-8-19)33-25(26,27)28/h3-10,15,18,21-22,24H,11-14H2,1-2H3. The number of halogens is 3. The summed E-state index contributed by atoms with van der Waals surface area (Å²) in [6, 6.07) is 14.1. The molecule has 0 saturated carbocycles. The second-order valence-corrected chi connectivity index (χ2v) is 9.41. The van der Waals surface area contributed by atoms with Crippen molar-refractivity contribution in [3.63, 3.8) is 0 Å². The van der Waals surface area contributed by atoms with E-state index >= 15 is 0 Å². The number of anilines is 1. The van der Waals surface area contributed by atoms with E-state index < -0.39 is 6.36 Å². The minimum Gasteiger partial charge on any atom is -0.406 e. The van der Waals surface area contributed by atoms with Gasteiger partial charge in [0.05, 0.1) is 5.92 Å². The summed E-state index contributed by atoms with van der Waals surface area (Å²) in [6.07, 6.45) is -3.84. The molecule has 33 heavy (non-hydrogen) atoms. The average Bonchev–Trinajstić information content (AvgIpc) is 3.45. The van der Waals surface area contributed by atoms with E-state index in [4.69, 9.17) is 4.74 Å². The third kappa shape index (κ3) is 4.59. The van der Waals surface area contributed by atoms with Gasteiger partial charge in [-0.25, -0.2) is 0 Å². The maximum Gasteiger partial charge on any atom is 0.573 e. The predicted molar refractivity (Wildman–Crippen MR) is 117 cm³/mol. The second kappa shape index (κ2) is 8.33. The van der Waals surface area contributed by atoms with Gasteiger partial charge < -0.3 is 14.4 Å². The van der Waals surface area contributed by atoms with Crippen molar-refractivity contribution in [2.75, 3.05) is 24.5 Å². The number of carbonyl (C=O) groups excluding carboxylic acids is 1. The molecule has 5 nitrogen and oxygen atoms in total. The van der Waals surface area contributed by atoms with Crippen LogP contribution in [-0.2, 0) is 9.53 Å². The van der Waals surface area contributed by atoms with Crippen LogP contribution in [0.3, 0.4) is 0 Å². The monoisotopic (exact) mass is 460 g/mol. The summed E-state index contributed by atoms with van der Waals surface area (Å²) in [6.45, 7) is 6.36. The van der Waals surface area contributed by atoms with Gasteiger partial charge in [0.25, 0.3) is 0 Å². The van der Waals surface area contributed by atoms with Crippen LogP contribution in [0.25, 0.3) is 0 Å². The van der Waals surface area contributed by atoms with Crippen LogP contribution in [-0.4, -0.2) is 43.0 Å². The maximum atomic E-state index is 13.2. The zero-order valence-electron chi connectivity index (χ0n) is 18.6. The minimum absolute atomic E-state index is 0.000510. The molecule has 0 N–H and O–H groups in total. The Morgan fingerprint density at radius 2 is 1.73 bits per heavy atom. The highest BCUT2D eigenvalue weighted by Gasteiger charge is 2.52. The SMILES string of the molecule is CC(C)c1ccc(C2OC2N2CC3CCN(c4ccc(OC(F)(F)F)cc4)C(=O)C3C2)cc1. The summed E-state index contributed by atoms with van der Waals surface area (Å²) in [4.78, 5) is 17.2. The number of likely N-dealkylation sites (tertiary alicyclic amines) is 1. The quantitative estimate of drug-likeness (QED) is 0.583. The van der Waals surface area contributed by atoms with Crippen molar-refractivity contribution < 1.29 is 27.4 Å². The first-order chi connectivity index (χ1) is 15.7. The molecule has 8 heteroatoms. The van der Waals surface area contributed by atoms with Crippen LogP contribution in [0.5, 0.6) is 5.75 Å². The van der Waals surface area contributed by atoms with Crippen molar-refractivity contribution in [2.45, 2.75) is 44.9 Å². The third-order valence-electron chi connectivity index (χ3n) is 6.92. The number of carbonyl (C=O) groups is 1. The van der Waals surface area contributed by atoms with Crippen molar-refractivity contribution in [1.29, 1.82) is 0 Å². The van der Waals surface area contributed by atoms with Crippen LogP contribution >= 0.6 is 0 Å². The van der Waals surface area contributed by atoms with Gasteiger partial charge in [0.1, 0.15) is 18.1 Å². The number of rotatable bonds is 5. The highest BCUT2D eigenvalue weighted by atomic mass is 19.4. The van der Waals surface area contributed by atoms with Gasteiger partial charge in [-0.1, -0.05) is 38.1 Å². The molecule has 3 saturated heterocycles. The summed E-state index contributed by atoms with van der Waals surface area (Å²) in [5, 5.41) is 0. The van der Waals surface area contributed by atoms with Crippen LogP contribution in [0.15, 0.2) is 48.5 Å². The lowest BCUT2D eigenvalue weighted by Crippen LogP contribution is -2.45. The van der Waals surface area contributed by atoms with Gasteiger partial charge in [-0.2, -0.15) is 0 Å². The van der Waals surface area contributed by atoms with Gasteiger partial charge in [0.2, 0.25) is 5.91 Å². The molecule has 0 spiro atoms. The normalized spacial score (nSPS) is 27.7. The number of hydrogen-bond acceptors (Lipinski definition) is 4. The van der Waals surface area contributed by atoms with E-state index in [2.05, 4.69) is 47.7 Å². The molecule has 3 fully saturated rings. The van der Waals surface area contributed by atoms with Crippen molar-refractivity contribution in [3.8, 4) is 5.75 Å². The summed E-state index contributed by atoms with van der Waals surface area (Å²) >= 11 is 0. The van der Waals surface area contributed by atoms with E-state index in [1.807, 2.05) is 0 Å². The average molecular weight is 460 g/mol. The molecular formula is C25H27F3N2O3. The minimum atomic E-state index is -4.73. The lowest BCUT2D eigenvalue weighted by atomic mass is 9.87. The fourth-order valence-corrected chi connectivity index (χ4v) is 5.07. The molecule has 1 amide bonds. The Hall–Kier alpha value is -2.58. The van der Waals surface area contributed by atoms with Crippen LogP contribution in [0.1, 0.15) is 43.4 Å². The Morgan fingerprint density at radius 1 is 1.03 bits per heavy atom. The number of amides is 1. The molecule has 5 rings (SSSR count). The fourth-order valence-electron chi connectivity index (χ4n) is 5.07. The molecule has 3 aliphatic heterocycles. The third-order valence-corrected chi connectivity index (χ3v) is 6.92. The van der Waals surface area contributed by atoms with Crippen molar-refractivity contribution >= 4 is 11.6 Å². The van der Waals surface area contributed by atoms with E-state index in [0.717, 1.165) is 18.5 Å². The van der Waals surface area contributed by atoms with Crippen LogP contribution < -0.4 is 9.64 Å². The molecule has 176 valence electrons. The molecular weight excluding hydrogens is 433 g/mol. The van der Waals surface area contributed by atoms with Gasteiger partial charge in [0.15, 0.2) is 0 Å². The van der Waals surface area contributed by atoms with Crippen LogP contribution in [0.2, 0.25) is 0 Å². The van der Waals surface area contributed by atoms with E-state index in [0.29, 0.717) is 24.7 Å². The Morgan fingerprint density at radius 3 is 2.36 bits per heavy atom. The van der Waals surface area contributed by atoms with Gasteiger partial charge >= 0.3 is 6.36 Å². The predicted octanol–water partition coefficient (Wildman–Crippen LogP) is 5.09. The van der Waals surface area contributed by atoms with Crippen LogP contribution in [0.4, 0.5) is 18.9 Å². The highest BCUT2D eigenvalue weighted by Crippen LogP contribution is 2.45. The van der Waals surface area contributed by atoms with E-state index in [9.17, 15) is 18.0 Å². The number of epoxide rings is 1. The highest BCUT2D eigenvalue weighted by molar-refractivity contribution is 5.96. The van der Waals surface area contributed by atoms with Gasteiger partial charge in [0, 0.05) is 25.3 Å². The topological polar surface area (TPSA) is 45.3 Å². The van der Waals surface area contributed by atoms with E-state index in [1.165, 1.54) is 29.8 Å². The first-order valence-corrected chi connectivity index (χ1v) is 11.4. The molecule has 3 heterocycles. The Bertz CT molecular complexity index is 1010. The number of benzene rings is 2. The zero-order chi connectivity index (χ0) is 23.3. The van der Waals surface area contributed by atoms with Gasteiger partial charge in [-0.05, 0) is 53.6 Å². The van der Waals surface area contributed by atoms with Crippen LogP contribution in [0, 0.1) is 11.8 Å². The molecule has 3 aliphatic rings. The molecule has 0 aromatic heterocycles. The van der Waals surface area contributed by atoms with Crippen molar-refractivity contribution in [1.82, 2.24) is 4.90 Å². The lowest BCUT2D eigenvalue weighted by Gasteiger charge is -2.34. The number of nitrogens with zero attached hydrogens (tertiary/aromatic N) is 2. The van der Waals surface area contributed by atoms with E-state index in [1.54, 1.807) is 4.90 Å². The Kier molecular flexibility index (Phi) is 5.61. The summed E-state index contributed by atoms with van der Waals surface area (Å²) in [7, 11) is 0. The lowest BCUT2D eigenvalue weighted by molar-refractivity contribution is -0.274. The number of hydrogen-bond donors (Lipinski definition) is 0. The fraction of sp³-hybridized carbons (Fsp3) is 0.480. The largest absolute Gasteiger partial charge is 0.573 e.